The quantitative estimate of drug-likeness (QED) is 0.664. The van der Waals surface area contributed by atoms with Crippen molar-refractivity contribution >= 4 is 45.2 Å². The minimum absolute atomic E-state index is 0.0681. The molecule has 1 atom stereocenters. The summed E-state index contributed by atoms with van der Waals surface area (Å²) in [5, 5.41) is 15.2. The van der Waals surface area contributed by atoms with Crippen LogP contribution < -0.4 is 10.6 Å². The molecule has 0 unspecified atom stereocenters. The lowest BCUT2D eigenvalue weighted by Gasteiger charge is -2.25. The van der Waals surface area contributed by atoms with Gasteiger partial charge in [0.2, 0.25) is 11.8 Å². The van der Waals surface area contributed by atoms with Crippen LogP contribution in [0.3, 0.4) is 0 Å². The van der Waals surface area contributed by atoms with E-state index in [-0.39, 0.29) is 29.7 Å². The smallest absolute Gasteiger partial charge is 0.234 e. The molecule has 0 saturated carbocycles. The number of carbonyl (C=O) groups is 2. The number of nitrogens with zero attached hydrogens (tertiary/aromatic N) is 1. The lowest BCUT2D eigenvalue weighted by Crippen LogP contribution is -2.31. The van der Waals surface area contributed by atoms with Crippen LogP contribution in [0.2, 0.25) is 0 Å². The van der Waals surface area contributed by atoms with Gasteiger partial charge in [0, 0.05) is 16.8 Å². The van der Waals surface area contributed by atoms with Crippen LogP contribution in [0, 0.1) is 24.1 Å². The van der Waals surface area contributed by atoms with Gasteiger partial charge in [0.15, 0.2) is 0 Å². The van der Waals surface area contributed by atoms with Crippen LogP contribution in [0.25, 0.3) is 0 Å². The van der Waals surface area contributed by atoms with E-state index in [1.54, 1.807) is 6.07 Å². The number of nitrogens with one attached hydrogen (secondary N) is 2. The molecular weight excluding hydrogens is 457 g/mol. The number of hydrogen-bond acceptors (Lipinski definition) is 4. The summed E-state index contributed by atoms with van der Waals surface area (Å²) in [7, 11) is 0. The average molecular weight is 474 g/mol. The van der Waals surface area contributed by atoms with Crippen molar-refractivity contribution in [1.82, 2.24) is 5.32 Å². The molecule has 29 heavy (non-hydrogen) atoms. The predicted molar refractivity (Wildman–Crippen MR) is 115 cm³/mol. The monoisotopic (exact) mass is 473 g/mol. The SMILES string of the molecule is Cc1ccc([C@@H]2CC(=O)NC(SCC(=O)Nc3ccc(Br)cc3F)=C2C#N)cc1. The maximum atomic E-state index is 13.9. The third-order valence-electron chi connectivity index (χ3n) is 4.39. The van der Waals surface area contributed by atoms with Crippen molar-refractivity contribution in [3.05, 3.63) is 74.5 Å². The van der Waals surface area contributed by atoms with E-state index in [1.165, 1.54) is 12.1 Å². The molecule has 0 aromatic heterocycles. The van der Waals surface area contributed by atoms with Gasteiger partial charge in [-0.15, -0.1) is 0 Å². The zero-order valence-corrected chi connectivity index (χ0v) is 17.9. The molecule has 148 valence electrons. The Labute approximate surface area is 180 Å². The van der Waals surface area contributed by atoms with Crippen molar-refractivity contribution in [1.29, 1.82) is 5.26 Å². The van der Waals surface area contributed by atoms with Crippen LogP contribution in [0.15, 0.2) is 57.5 Å². The van der Waals surface area contributed by atoms with Gasteiger partial charge in [-0.25, -0.2) is 4.39 Å². The summed E-state index contributed by atoms with van der Waals surface area (Å²) in [6, 6.07) is 14.2. The molecule has 0 bridgehead atoms. The van der Waals surface area contributed by atoms with Gasteiger partial charge >= 0.3 is 0 Å². The number of allylic oxidation sites excluding steroid dienone is 1. The van der Waals surface area contributed by atoms with Gasteiger partial charge in [-0.05, 0) is 30.7 Å². The molecule has 0 saturated heterocycles. The molecule has 2 N–H and O–H groups in total. The van der Waals surface area contributed by atoms with E-state index in [9.17, 15) is 19.2 Å². The zero-order chi connectivity index (χ0) is 21.0. The van der Waals surface area contributed by atoms with Crippen molar-refractivity contribution in [2.75, 3.05) is 11.1 Å². The summed E-state index contributed by atoms with van der Waals surface area (Å²) in [6.07, 6.45) is 0.173. The normalized spacial score (nSPS) is 16.2. The van der Waals surface area contributed by atoms with Gasteiger partial charge in [-0.3, -0.25) is 9.59 Å². The summed E-state index contributed by atoms with van der Waals surface area (Å²) >= 11 is 4.21. The van der Waals surface area contributed by atoms with E-state index < -0.39 is 11.7 Å². The van der Waals surface area contributed by atoms with E-state index >= 15 is 0 Å². The Kier molecular flexibility index (Phi) is 6.72. The fraction of sp³-hybridized carbons (Fsp3) is 0.190. The van der Waals surface area contributed by atoms with E-state index in [0.717, 1.165) is 22.9 Å². The topological polar surface area (TPSA) is 82.0 Å². The maximum Gasteiger partial charge on any atom is 0.234 e. The Bertz CT molecular complexity index is 1030. The Balaban J connectivity index is 1.75. The first kappa shape index (κ1) is 21.1. The third kappa shape index (κ3) is 5.25. The van der Waals surface area contributed by atoms with Crippen LogP contribution in [0.1, 0.15) is 23.5 Å². The molecular formula is C21H17BrFN3O2S. The minimum atomic E-state index is -0.556. The van der Waals surface area contributed by atoms with E-state index in [2.05, 4.69) is 32.6 Å². The highest BCUT2D eigenvalue weighted by molar-refractivity contribution is 9.10. The fourth-order valence-corrected chi connectivity index (χ4v) is 4.14. The number of rotatable bonds is 5. The third-order valence-corrected chi connectivity index (χ3v) is 5.90. The van der Waals surface area contributed by atoms with Gasteiger partial charge in [0.1, 0.15) is 5.82 Å². The molecule has 1 aliphatic heterocycles. The number of anilines is 1. The standard InChI is InChI=1S/C21H17BrFN3O2S/c1-12-2-4-13(5-3-12)15-9-19(27)26-21(16(15)10-24)29-11-20(28)25-18-7-6-14(22)8-17(18)23/h2-8,15H,9,11H2,1H3,(H,25,28)(H,26,27)/t15-/m0/s1. The van der Waals surface area contributed by atoms with E-state index in [4.69, 9.17) is 0 Å². The van der Waals surface area contributed by atoms with Crippen molar-refractivity contribution in [2.24, 2.45) is 0 Å². The van der Waals surface area contributed by atoms with E-state index in [0.29, 0.717) is 15.1 Å². The molecule has 0 radical (unpaired) electrons. The Hall–Kier alpha value is -2.63. The minimum Gasteiger partial charge on any atom is -0.323 e. The number of nitriles is 1. The second-order valence-electron chi connectivity index (χ2n) is 6.53. The van der Waals surface area contributed by atoms with Crippen molar-refractivity contribution in [2.45, 2.75) is 19.3 Å². The number of halogens is 2. The zero-order valence-electron chi connectivity index (χ0n) is 15.5. The predicted octanol–water partition coefficient (Wildman–Crippen LogP) is 4.61. The van der Waals surface area contributed by atoms with Gasteiger partial charge < -0.3 is 10.6 Å². The van der Waals surface area contributed by atoms with Crippen LogP contribution in [0.5, 0.6) is 0 Å². The van der Waals surface area contributed by atoms with Gasteiger partial charge in [0.05, 0.1) is 28.1 Å². The molecule has 2 amide bonds. The Morgan fingerprint density at radius 1 is 1.34 bits per heavy atom. The highest BCUT2D eigenvalue weighted by Crippen LogP contribution is 2.36. The van der Waals surface area contributed by atoms with Crippen molar-refractivity contribution in [3.63, 3.8) is 0 Å². The van der Waals surface area contributed by atoms with Gasteiger partial charge in [-0.2, -0.15) is 5.26 Å². The summed E-state index contributed by atoms with van der Waals surface area (Å²) < 4.78 is 14.4. The number of amides is 2. The lowest BCUT2D eigenvalue weighted by atomic mass is 9.87. The van der Waals surface area contributed by atoms with E-state index in [1.807, 2.05) is 31.2 Å². The van der Waals surface area contributed by atoms with Crippen molar-refractivity contribution < 1.29 is 14.0 Å². The molecule has 1 heterocycles. The Morgan fingerprint density at radius 2 is 2.07 bits per heavy atom. The van der Waals surface area contributed by atoms with Crippen LogP contribution >= 0.6 is 27.7 Å². The Morgan fingerprint density at radius 3 is 2.72 bits per heavy atom. The number of benzene rings is 2. The molecule has 0 aliphatic carbocycles. The van der Waals surface area contributed by atoms with Crippen LogP contribution in [0.4, 0.5) is 10.1 Å². The summed E-state index contributed by atoms with van der Waals surface area (Å²) in [5.74, 6) is -1.63. The molecule has 2 aromatic rings. The number of aryl methyl sites for hydroxylation is 1. The molecule has 0 fully saturated rings. The van der Waals surface area contributed by atoms with Gasteiger partial charge in [0.25, 0.3) is 0 Å². The first-order valence-corrected chi connectivity index (χ1v) is 10.5. The second-order valence-corrected chi connectivity index (χ2v) is 8.43. The second kappa shape index (κ2) is 9.25. The largest absolute Gasteiger partial charge is 0.323 e. The summed E-state index contributed by atoms with van der Waals surface area (Å²) in [4.78, 5) is 24.4. The molecule has 1 aliphatic rings. The first-order valence-electron chi connectivity index (χ1n) is 8.75. The molecule has 8 heteroatoms. The van der Waals surface area contributed by atoms with Crippen LogP contribution in [-0.4, -0.2) is 17.6 Å². The highest BCUT2D eigenvalue weighted by Gasteiger charge is 2.29. The van der Waals surface area contributed by atoms with Crippen molar-refractivity contribution in [3.8, 4) is 6.07 Å². The number of thioether (sulfide) groups is 1. The average Bonchev–Trinajstić information content (AvgIpc) is 2.68. The summed E-state index contributed by atoms with van der Waals surface area (Å²) in [6.45, 7) is 1.96. The molecule has 5 nitrogen and oxygen atoms in total. The molecule has 2 aromatic carbocycles. The highest BCUT2D eigenvalue weighted by atomic mass is 79.9. The van der Waals surface area contributed by atoms with Gasteiger partial charge in [-0.1, -0.05) is 57.5 Å². The maximum absolute atomic E-state index is 13.9. The summed E-state index contributed by atoms with van der Waals surface area (Å²) in [5.41, 5.74) is 2.45. The number of carbonyl (C=O) groups excluding carboxylic acids is 2. The first-order chi connectivity index (χ1) is 13.9. The lowest BCUT2D eigenvalue weighted by molar-refractivity contribution is -0.121. The van der Waals surface area contributed by atoms with Crippen LogP contribution in [-0.2, 0) is 9.59 Å². The number of hydrogen-bond donors (Lipinski definition) is 2. The fourth-order valence-electron chi connectivity index (χ4n) is 2.93. The molecule has 3 rings (SSSR count). The molecule has 0 spiro atoms.